The van der Waals surface area contributed by atoms with Gasteiger partial charge < -0.3 is 4.42 Å². The van der Waals surface area contributed by atoms with Crippen molar-refractivity contribution in [2.75, 3.05) is 0 Å². The molecule has 1 heterocycles. The number of nitriles is 1. The average molecular weight is 217 g/mol. The Bertz CT molecular complexity index is 438. The highest BCUT2D eigenvalue weighted by molar-refractivity contribution is 5.96. The molecule has 0 unspecified atom stereocenters. The first-order chi connectivity index (χ1) is 7.72. The van der Waals surface area contributed by atoms with E-state index in [-0.39, 0.29) is 6.42 Å². The second-order valence-electron chi connectivity index (χ2n) is 2.97. The van der Waals surface area contributed by atoms with Crippen molar-refractivity contribution < 1.29 is 9.21 Å². The largest absolute Gasteiger partial charge is 0.465 e. The van der Waals surface area contributed by atoms with E-state index in [1.54, 1.807) is 43.5 Å². The number of nitrogens with zero attached hydrogens (tertiary/aromatic N) is 2. The molecule has 1 N–H and O–H groups in total. The lowest BCUT2D eigenvalue weighted by molar-refractivity contribution is -0.120. The maximum atomic E-state index is 10.9. The molecular formula is C11H11N3O2. The van der Waals surface area contributed by atoms with Crippen LogP contribution in [0.1, 0.15) is 19.1 Å². The maximum absolute atomic E-state index is 10.9. The number of allylic oxidation sites excluding steroid dienone is 1. The Morgan fingerprint density at radius 1 is 1.75 bits per heavy atom. The highest BCUT2D eigenvalue weighted by Gasteiger charge is 1.96. The van der Waals surface area contributed by atoms with Gasteiger partial charge in [0, 0.05) is 0 Å². The Morgan fingerprint density at radius 3 is 3.19 bits per heavy atom. The first-order valence-corrected chi connectivity index (χ1v) is 4.64. The minimum absolute atomic E-state index is 0.196. The summed E-state index contributed by atoms with van der Waals surface area (Å²) in [7, 11) is 0. The van der Waals surface area contributed by atoms with Crippen LogP contribution in [0, 0.1) is 11.3 Å². The molecule has 0 saturated carbocycles. The number of carbonyl (C=O) groups excluding carboxylic acids is 1. The van der Waals surface area contributed by atoms with Gasteiger partial charge in [-0.05, 0) is 31.2 Å². The summed E-state index contributed by atoms with van der Waals surface area (Å²) in [6, 6.07) is 5.31. The average Bonchev–Trinajstić information content (AvgIpc) is 2.77. The summed E-state index contributed by atoms with van der Waals surface area (Å²) >= 11 is 0. The molecule has 0 fully saturated rings. The van der Waals surface area contributed by atoms with Crippen LogP contribution in [-0.2, 0) is 4.79 Å². The van der Waals surface area contributed by atoms with Crippen LogP contribution in [0.15, 0.2) is 34.0 Å². The summed E-state index contributed by atoms with van der Waals surface area (Å²) in [4.78, 5) is 10.9. The summed E-state index contributed by atoms with van der Waals surface area (Å²) in [5, 5.41) is 12.0. The second kappa shape index (κ2) is 6.19. The van der Waals surface area contributed by atoms with Gasteiger partial charge in [0.1, 0.15) is 12.2 Å². The number of hydrazone groups is 1. The third-order valence-electron chi connectivity index (χ3n) is 1.63. The third kappa shape index (κ3) is 4.24. The van der Waals surface area contributed by atoms with Crippen LogP contribution >= 0.6 is 0 Å². The summed E-state index contributed by atoms with van der Waals surface area (Å²) in [6.07, 6.45) is 4.81. The molecule has 1 aromatic rings. The number of furan rings is 1. The first kappa shape index (κ1) is 11.7. The zero-order valence-electron chi connectivity index (χ0n) is 8.80. The van der Waals surface area contributed by atoms with E-state index in [4.69, 9.17) is 9.68 Å². The monoisotopic (exact) mass is 217 g/mol. The number of carbonyl (C=O) groups is 1. The van der Waals surface area contributed by atoms with Gasteiger partial charge in [-0.3, -0.25) is 4.79 Å². The van der Waals surface area contributed by atoms with E-state index in [2.05, 4.69) is 10.5 Å². The standard InChI is InChI=1S/C11H11N3O2/c1-9(13-14-11(15)6-7-12)4-5-10-3-2-8-16-10/h2-5,8H,6H2,1H3,(H,14,15)/b5-4+,13-9+. The van der Waals surface area contributed by atoms with Crippen molar-refractivity contribution in [1.82, 2.24) is 5.43 Å². The number of hydrogen-bond acceptors (Lipinski definition) is 4. The summed E-state index contributed by atoms with van der Waals surface area (Å²) in [5.74, 6) is 0.283. The quantitative estimate of drug-likeness (QED) is 0.615. The number of nitrogens with one attached hydrogen (secondary N) is 1. The SMILES string of the molecule is CC(/C=C/c1ccco1)=N\NC(=O)CC#N. The molecule has 0 radical (unpaired) electrons. The molecule has 0 aliphatic heterocycles. The van der Waals surface area contributed by atoms with Crippen LogP contribution in [0.25, 0.3) is 6.08 Å². The van der Waals surface area contributed by atoms with E-state index < -0.39 is 5.91 Å². The smallest absolute Gasteiger partial charge is 0.254 e. The van der Waals surface area contributed by atoms with Crippen molar-refractivity contribution in [2.45, 2.75) is 13.3 Å². The molecule has 0 aliphatic rings. The Morgan fingerprint density at radius 2 is 2.56 bits per heavy atom. The van der Waals surface area contributed by atoms with E-state index in [9.17, 15) is 4.79 Å². The van der Waals surface area contributed by atoms with E-state index in [1.807, 2.05) is 0 Å². The van der Waals surface area contributed by atoms with Gasteiger partial charge >= 0.3 is 0 Å². The fourth-order valence-corrected chi connectivity index (χ4v) is 0.888. The fraction of sp³-hybridized carbons (Fsp3) is 0.182. The lowest BCUT2D eigenvalue weighted by atomic mass is 10.3. The Hall–Kier alpha value is -2.35. The lowest BCUT2D eigenvalue weighted by Gasteiger charge is -1.94. The van der Waals surface area contributed by atoms with Gasteiger partial charge in [-0.1, -0.05) is 0 Å². The Balaban J connectivity index is 2.46. The van der Waals surface area contributed by atoms with Crippen molar-refractivity contribution in [3.63, 3.8) is 0 Å². The zero-order chi connectivity index (χ0) is 11.8. The minimum Gasteiger partial charge on any atom is -0.465 e. The highest BCUT2D eigenvalue weighted by Crippen LogP contribution is 2.02. The van der Waals surface area contributed by atoms with Crippen LogP contribution in [0.5, 0.6) is 0 Å². The van der Waals surface area contributed by atoms with Gasteiger partial charge in [0.2, 0.25) is 0 Å². The van der Waals surface area contributed by atoms with Crippen LogP contribution in [0.3, 0.4) is 0 Å². The van der Waals surface area contributed by atoms with Crippen molar-refractivity contribution in [3.05, 3.63) is 30.2 Å². The first-order valence-electron chi connectivity index (χ1n) is 4.64. The van der Waals surface area contributed by atoms with Crippen molar-refractivity contribution in [2.24, 2.45) is 5.10 Å². The molecule has 5 nitrogen and oxygen atoms in total. The molecule has 0 bridgehead atoms. The Labute approximate surface area is 93.1 Å². The molecule has 82 valence electrons. The zero-order valence-corrected chi connectivity index (χ0v) is 8.80. The van der Waals surface area contributed by atoms with Gasteiger partial charge in [0.05, 0.1) is 18.0 Å². The number of rotatable bonds is 4. The van der Waals surface area contributed by atoms with Crippen LogP contribution in [0.2, 0.25) is 0 Å². The fourth-order valence-electron chi connectivity index (χ4n) is 0.888. The maximum Gasteiger partial charge on any atom is 0.254 e. The molecular weight excluding hydrogens is 206 g/mol. The van der Waals surface area contributed by atoms with Crippen molar-refractivity contribution in [1.29, 1.82) is 5.26 Å². The topological polar surface area (TPSA) is 78.4 Å². The van der Waals surface area contributed by atoms with E-state index in [1.165, 1.54) is 0 Å². The van der Waals surface area contributed by atoms with Crippen LogP contribution in [-0.4, -0.2) is 11.6 Å². The Kier molecular flexibility index (Phi) is 4.54. The molecule has 0 aliphatic carbocycles. The van der Waals surface area contributed by atoms with Gasteiger partial charge in [0.15, 0.2) is 0 Å². The molecule has 5 heteroatoms. The molecule has 1 amide bonds. The normalized spacial score (nSPS) is 11.4. The summed E-state index contributed by atoms with van der Waals surface area (Å²) in [6.45, 7) is 1.73. The molecule has 0 aromatic carbocycles. The van der Waals surface area contributed by atoms with Gasteiger partial charge in [0.25, 0.3) is 5.91 Å². The molecule has 1 rings (SSSR count). The molecule has 0 atom stereocenters. The van der Waals surface area contributed by atoms with Crippen LogP contribution in [0.4, 0.5) is 0 Å². The predicted molar refractivity (Wildman–Crippen MR) is 59.2 cm³/mol. The third-order valence-corrected chi connectivity index (χ3v) is 1.63. The van der Waals surface area contributed by atoms with Crippen molar-refractivity contribution in [3.8, 4) is 6.07 Å². The molecule has 0 saturated heterocycles. The minimum atomic E-state index is -0.423. The second-order valence-corrected chi connectivity index (χ2v) is 2.97. The van der Waals surface area contributed by atoms with E-state index in [0.29, 0.717) is 11.5 Å². The molecule has 16 heavy (non-hydrogen) atoms. The summed E-state index contributed by atoms with van der Waals surface area (Å²) in [5.41, 5.74) is 2.87. The van der Waals surface area contributed by atoms with E-state index in [0.717, 1.165) is 0 Å². The van der Waals surface area contributed by atoms with Gasteiger partial charge in [-0.15, -0.1) is 0 Å². The van der Waals surface area contributed by atoms with Gasteiger partial charge in [-0.2, -0.15) is 10.4 Å². The van der Waals surface area contributed by atoms with Crippen LogP contribution < -0.4 is 5.43 Å². The predicted octanol–water partition coefficient (Wildman–Crippen LogP) is 1.70. The number of amides is 1. The van der Waals surface area contributed by atoms with E-state index >= 15 is 0 Å². The molecule has 1 aromatic heterocycles. The number of hydrogen-bond donors (Lipinski definition) is 1. The highest BCUT2D eigenvalue weighted by atomic mass is 16.3. The van der Waals surface area contributed by atoms with Crippen molar-refractivity contribution >= 4 is 17.7 Å². The lowest BCUT2D eigenvalue weighted by Crippen LogP contribution is -2.17. The summed E-state index contributed by atoms with van der Waals surface area (Å²) < 4.78 is 5.08. The molecule has 0 spiro atoms. The van der Waals surface area contributed by atoms with Gasteiger partial charge in [-0.25, -0.2) is 5.43 Å².